The maximum Gasteiger partial charge on any atom is 0.494 e. The molecule has 1 saturated heterocycles. The zero-order valence-electron chi connectivity index (χ0n) is 26.5. The van der Waals surface area contributed by atoms with Crippen LogP contribution in [0.5, 0.6) is 0 Å². The maximum atomic E-state index is 13.2. The second kappa shape index (κ2) is 12.5. The molecule has 0 unspecified atom stereocenters. The van der Waals surface area contributed by atoms with E-state index in [0.29, 0.717) is 17.7 Å². The van der Waals surface area contributed by atoms with Crippen LogP contribution < -0.4 is 16.1 Å². The first-order valence-electron chi connectivity index (χ1n) is 14.3. The van der Waals surface area contributed by atoms with E-state index in [1.807, 2.05) is 52.0 Å². The van der Waals surface area contributed by atoms with Crippen molar-refractivity contribution in [1.29, 1.82) is 0 Å². The summed E-state index contributed by atoms with van der Waals surface area (Å²) in [4.78, 5) is 38.5. The van der Waals surface area contributed by atoms with Gasteiger partial charge in [0.05, 0.1) is 11.2 Å². The van der Waals surface area contributed by atoms with Crippen molar-refractivity contribution >= 4 is 36.2 Å². The van der Waals surface area contributed by atoms with Crippen molar-refractivity contribution in [2.75, 3.05) is 5.32 Å². The standard InChI is InChI=1S/C32H45BN2O7/c1-29(2,3)39-27(37)25(35-28(38)40-30(4,5)6)18-17-21-13-11-16-24(19-21)34-26(36)22-14-12-15-23(20-22)33-41-31(7,8)32(9,10)42-33/h11-16,19-20,25H,17-18H2,1-10H3,(H,34,36)(H,35,38)/t25-/m0/s1. The Morgan fingerprint density at radius 2 is 1.45 bits per heavy atom. The van der Waals surface area contributed by atoms with Crippen molar-refractivity contribution in [2.45, 2.75) is 111 Å². The average molecular weight is 581 g/mol. The molecule has 1 heterocycles. The molecule has 0 aromatic heterocycles. The van der Waals surface area contributed by atoms with Gasteiger partial charge in [-0.3, -0.25) is 4.79 Å². The topological polar surface area (TPSA) is 112 Å². The van der Waals surface area contributed by atoms with Crippen molar-refractivity contribution in [1.82, 2.24) is 5.32 Å². The molecule has 2 amide bonds. The number of hydrogen-bond donors (Lipinski definition) is 2. The summed E-state index contributed by atoms with van der Waals surface area (Å²) in [5, 5.41) is 5.59. The number of alkyl carbamates (subject to hydrolysis) is 1. The molecule has 1 aliphatic heterocycles. The van der Waals surface area contributed by atoms with E-state index in [0.717, 1.165) is 11.0 Å². The first kappa shape index (κ1) is 33.1. The number of hydrogen-bond acceptors (Lipinski definition) is 7. The fraction of sp³-hybridized carbons (Fsp3) is 0.531. The number of anilines is 1. The number of ether oxygens (including phenoxy) is 2. The van der Waals surface area contributed by atoms with Crippen LogP contribution in [-0.2, 0) is 30.0 Å². The van der Waals surface area contributed by atoms with Gasteiger partial charge in [0, 0.05) is 11.3 Å². The minimum absolute atomic E-state index is 0.274. The third-order valence-electron chi connectivity index (χ3n) is 6.96. The van der Waals surface area contributed by atoms with E-state index < -0.39 is 47.6 Å². The molecule has 0 radical (unpaired) electrons. The SMILES string of the molecule is CC(C)(C)OC(=O)N[C@@H](CCc1cccc(NC(=O)c2cccc(B3OC(C)(C)C(C)(C)O3)c2)c1)C(=O)OC(C)(C)C. The molecule has 228 valence electrons. The Balaban J connectivity index is 1.68. The zero-order chi connectivity index (χ0) is 31.5. The highest BCUT2D eigenvalue weighted by atomic mass is 16.7. The summed E-state index contributed by atoms with van der Waals surface area (Å²) < 4.78 is 23.1. The van der Waals surface area contributed by atoms with Crippen LogP contribution in [0.25, 0.3) is 0 Å². The number of esters is 1. The number of nitrogens with one attached hydrogen (secondary N) is 2. The lowest BCUT2D eigenvalue weighted by molar-refractivity contribution is -0.157. The molecule has 3 rings (SSSR count). The van der Waals surface area contributed by atoms with Crippen molar-refractivity contribution in [2.24, 2.45) is 0 Å². The molecule has 9 nitrogen and oxygen atoms in total. The van der Waals surface area contributed by atoms with E-state index in [1.165, 1.54) is 0 Å². The molecule has 0 bridgehead atoms. The van der Waals surface area contributed by atoms with Crippen LogP contribution >= 0.6 is 0 Å². The third kappa shape index (κ3) is 9.32. The van der Waals surface area contributed by atoms with Gasteiger partial charge < -0.3 is 29.4 Å². The molecule has 0 saturated carbocycles. The lowest BCUT2D eigenvalue weighted by Gasteiger charge is -2.32. The van der Waals surface area contributed by atoms with E-state index in [2.05, 4.69) is 10.6 Å². The highest BCUT2D eigenvalue weighted by Gasteiger charge is 2.51. The molecule has 1 fully saturated rings. The quantitative estimate of drug-likeness (QED) is 0.317. The first-order chi connectivity index (χ1) is 19.2. The number of carbonyl (C=O) groups excluding carboxylic acids is 3. The largest absolute Gasteiger partial charge is 0.494 e. The first-order valence-corrected chi connectivity index (χ1v) is 14.3. The Kier molecular flexibility index (Phi) is 9.84. The van der Waals surface area contributed by atoms with Crippen LogP contribution in [0.4, 0.5) is 10.5 Å². The van der Waals surface area contributed by atoms with Crippen LogP contribution in [0.1, 0.15) is 91.6 Å². The van der Waals surface area contributed by atoms with Gasteiger partial charge in [-0.1, -0.05) is 24.3 Å². The van der Waals surface area contributed by atoms with Crippen LogP contribution in [0.15, 0.2) is 48.5 Å². The smallest absolute Gasteiger partial charge is 0.458 e. The van der Waals surface area contributed by atoms with Crippen LogP contribution in [0, 0.1) is 0 Å². The Labute approximate surface area is 250 Å². The van der Waals surface area contributed by atoms with Gasteiger partial charge in [0.25, 0.3) is 5.91 Å². The minimum atomic E-state index is -0.907. The summed E-state index contributed by atoms with van der Waals surface area (Å²) in [5.74, 6) is -0.816. The number of benzene rings is 2. The van der Waals surface area contributed by atoms with E-state index in [4.69, 9.17) is 18.8 Å². The molecule has 0 spiro atoms. The molecule has 0 aliphatic carbocycles. The fourth-order valence-corrected chi connectivity index (χ4v) is 4.20. The van der Waals surface area contributed by atoms with E-state index in [1.54, 1.807) is 65.8 Å². The zero-order valence-corrected chi connectivity index (χ0v) is 26.5. The third-order valence-corrected chi connectivity index (χ3v) is 6.96. The van der Waals surface area contributed by atoms with Gasteiger partial charge in [-0.2, -0.15) is 0 Å². The molecule has 1 aliphatic rings. The monoisotopic (exact) mass is 580 g/mol. The van der Waals surface area contributed by atoms with Gasteiger partial charge in [0.1, 0.15) is 17.2 Å². The highest BCUT2D eigenvalue weighted by molar-refractivity contribution is 6.62. The summed E-state index contributed by atoms with van der Waals surface area (Å²) in [6, 6.07) is 13.7. The van der Waals surface area contributed by atoms with Gasteiger partial charge in [-0.25, -0.2) is 9.59 Å². The number of aryl methyl sites for hydroxylation is 1. The van der Waals surface area contributed by atoms with Crippen LogP contribution in [-0.4, -0.2) is 53.5 Å². The minimum Gasteiger partial charge on any atom is -0.458 e. The number of carbonyl (C=O) groups is 3. The normalized spacial score (nSPS) is 16.9. The Morgan fingerprint density at radius 3 is 2.05 bits per heavy atom. The summed E-state index contributed by atoms with van der Waals surface area (Å²) >= 11 is 0. The highest BCUT2D eigenvalue weighted by Crippen LogP contribution is 2.36. The molecule has 2 aromatic rings. The predicted molar refractivity (Wildman–Crippen MR) is 164 cm³/mol. The van der Waals surface area contributed by atoms with Gasteiger partial charge in [0.15, 0.2) is 0 Å². The maximum absolute atomic E-state index is 13.2. The molecular formula is C32H45BN2O7. The number of amides is 2. The fourth-order valence-electron chi connectivity index (χ4n) is 4.20. The molecule has 42 heavy (non-hydrogen) atoms. The van der Waals surface area contributed by atoms with E-state index >= 15 is 0 Å². The number of rotatable bonds is 8. The lowest BCUT2D eigenvalue weighted by Crippen LogP contribution is -2.46. The van der Waals surface area contributed by atoms with Gasteiger partial charge in [0.2, 0.25) is 0 Å². The van der Waals surface area contributed by atoms with Gasteiger partial charge in [-0.05, 0) is 117 Å². The molecule has 2 N–H and O–H groups in total. The van der Waals surface area contributed by atoms with Gasteiger partial charge >= 0.3 is 19.2 Å². The Hall–Kier alpha value is -3.37. The summed E-state index contributed by atoms with van der Waals surface area (Å²) in [6.07, 6.45) is 0.0323. The van der Waals surface area contributed by atoms with Crippen molar-refractivity contribution < 1.29 is 33.2 Å². The molecular weight excluding hydrogens is 535 g/mol. The Morgan fingerprint density at radius 1 is 0.857 bits per heavy atom. The van der Waals surface area contributed by atoms with E-state index in [-0.39, 0.29) is 12.3 Å². The second-order valence-corrected chi connectivity index (χ2v) is 13.6. The van der Waals surface area contributed by atoms with Crippen molar-refractivity contribution in [3.8, 4) is 0 Å². The van der Waals surface area contributed by atoms with Crippen molar-refractivity contribution in [3.05, 3.63) is 59.7 Å². The second-order valence-electron chi connectivity index (χ2n) is 13.6. The average Bonchev–Trinajstić information content (AvgIpc) is 3.06. The predicted octanol–water partition coefficient (Wildman–Crippen LogP) is 5.41. The molecule has 2 aromatic carbocycles. The molecule has 1 atom stereocenters. The summed E-state index contributed by atoms with van der Waals surface area (Å²) in [6.45, 7) is 18.5. The van der Waals surface area contributed by atoms with E-state index in [9.17, 15) is 14.4 Å². The van der Waals surface area contributed by atoms with Crippen molar-refractivity contribution in [3.63, 3.8) is 0 Å². The molecule has 10 heteroatoms. The Bertz CT molecular complexity index is 1280. The summed E-state index contributed by atoms with van der Waals surface area (Å²) in [7, 11) is -0.571. The van der Waals surface area contributed by atoms with Gasteiger partial charge in [-0.15, -0.1) is 0 Å². The van der Waals surface area contributed by atoms with Crippen LogP contribution in [0.3, 0.4) is 0 Å². The summed E-state index contributed by atoms with van der Waals surface area (Å²) in [5.41, 5.74) is 0.321. The van der Waals surface area contributed by atoms with Crippen LogP contribution in [0.2, 0.25) is 0 Å². The lowest BCUT2D eigenvalue weighted by atomic mass is 9.78.